The van der Waals surface area contributed by atoms with Gasteiger partial charge in [-0.1, -0.05) is 12.1 Å². The monoisotopic (exact) mass is 245 g/mol. The van der Waals surface area contributed by atoms with E-state index in [-0.39, 0.29) is 11.9 Å². The number of amides is 1. The Morgan fingerprint density at radius 3 is 3.06 bits per heavy atom. The van der Waals surface area contributed by atoms with Crippen molar-refractivity contribution in [1.29, 1.82) is 0 Å². The smallest absolute Gasteiger partial charge is 0.227 e. The van der Waals surface area contributed by atoms with E-state index in [4.69, 9.17) is 12.2 Å². The summed E-state index contributed by atoms with van der Waals surface area (Å²) in [4.78, 5) is 16.0. The zero-order chi connectivity index (χ0) is 12.0. The topological polar surface area (TPSA) is 46.9 Å². The number of nitrogens with one attached hydrogen (secondary N) is 1. The predicted molar refractivity (Wildman–Crippen MR) is 68.5 cm³/mol. The lowest BCUT2D eigenvalue weighted by Crippen LogP contribution is -2.28. The van der Waals surface area contributed by atoms with Crippen LogP contribution in [-0.2, 0) is 4.79 Å². The standard InChI is InChI=1S/C12H11N3OS/c1-7-6-10(16)14-11-8-4-2-3-5-9(8)13-12(17)15(7)11/h2-5,7H,6H2,1H3,(H,14,16). The fourth-order valence-electron chi connectivity index (χ4n) is 2.23. The summed E-state index contributed by atoms with van der Waals surface area (Å²) in [6.07, 6.45) is 0.446. The minimum absolute atomic E-state index is 0.0308. The molecular formula is C12H11N3OS. The quantitative estimate of drug-likeness (QED) is 0.726. The highest BCUT2D eigenvalue weighted by Gasteiger charge is 2.23. The third-order valence-electron chi connectivity index (χ3n) is 3.00. The minimum Gasteiger partial charge on any atom is -0.311 e. The Kier molecular flexibility index (Phi) is 2.22. The molecule has 0 fully saturated rings. The molecule has 5 heteroatoms. The van der Waals surface area contributed by atoms with Crippen LogP contribution in [0.4, 0.5) is 5.82 Å². The molecule has 2 aromatic rings. The van der Waals surface area contributed by atoms with Gasteiger partial charge in [-0.15, -0.1) is 0 Å². The average Bonchev–Trinajstić information content (AvgIpc) is 2.28. The van der Waals surface area contributed by atoms with Gasteiger partial charge in [0.15, 0.2) is 0 Å². The third kappa shape index (κ3) is 1.54. The number of carbonyl (C=O) groups excluding carboxylic acids is 1. The van der Waals surface area contributed by atoms with Crippen LogP contribution in [0.2, 0.25) is 0 Å². The molecule has 1 amide bonds. The zero-order valence-corrected chi connectivity index (χ0v) is 10.1. The summed E-state index contributed by atoms with van der Waals surface area (Å²) in [6.45, 7) is 1.98. The van der Waals surface area contributed by atoms with Crippen molar-refractivity contribution >= 4 is 34.8 Å². The van der Waals surface area contributed by atoms with Crippen LogP contribution in [0.1, 0.15) is 19.4 Å². The lowest BCUT2D eigenvalue weighted by molar-refractivity contribution is -0.117. The van der Waals surface area contributed by atoms with E-state index in [1.807, 2.05) is 35.8 Å². The minimum atomic E-state index is 0.0308. The van der Waals surface area contributed by atoms with E-state index in [9.17, 15) is 4.79 Å². The van der Waals surface area contributed by atoms with Crippen LogP contribution in [0.15, 0.2) is 24.3 Å². The molecule has 17 heavy (non-hydrogen) atoms. The zero-order valence-electron chi connectivity index (χ0n) is 9.30. The Balaban J connectivity index is 2.43. The van der Waals surface area contributed by atoms with E-state index in [2.05, 4.69) is 10.3 Å². The maximum Gasteiger partial charge on any atom is 0.227 e. The number of hydrogen-bond acceptors (Lipinski definition) is 3. The molecular weight excluding hydrogens is 234 g/mol. The van der Waals surface area contributed by atoms with Crippen molar-refractivity contribution in [3.63, 3.8) is 0 Å². The van der Waals surface area contributed by atoms with Gasteiger partial charge in [0.25, 0.3) is 0 Å². The molecule has 1 N–H and O–H groups in total. The average molecular weight is 245 g/mol. The Morgan fingerprint density at radius 1 is 1.47 bits per heavy atom. The number of rotatable bonds is 0. The molecule has 0 bridgehead atoms. The van der Waals surface area contributed by atoms with Gasteiger partial charge in [0.2, 0.25) is 10.7 Å². The van der Waals surface area contributed by atoms with Crippen molar-refractivity contribution < 1.29 is 4.79 Å². The normalized spacial score (nSPS) is 18.9. The van der Waals surface area contributed by atoms with E-state index >= 15 is 0 Å². The van der Waals surface area contributed by atoms with Crippen LogP contribution < -0.4 is 5.32 Å². The van der Waals surface area contributed by atoms with Crippen molar-refractivity contribution in [2.24, 2.45) is 0 Å². The van der Waals surface area contributed by atoms with Crippen LogP contribution in [0.25, 0.3) is 10.9 Å². The molecule has 1 aromatic heterocycles. The fourth-order valence-corrected chi connectivity index (χ4v) is 2.60. The highest BCUT2D eigenvalue weighted by Crippen LogP contribution is 2.30. The summed E-state index contributed by atoms with van der Waals surface area (Å²) in [6, 6.07) is 7.75. The molecule has 1 aliphatic rings. The van der Waals surface area contributed by atoms with E-state index in [1.165, 1.54) is 0 Å². The van der Waals surface area contributed by atoms with Gasteiger partial charge in [-0.3, -0.25) is 9.36 Å². The molecule has 0 aliphatic carbocycles. The second-order valence-corrected chi connectivity index (χ2v) is 4.60. The molecule has 2 heterocycles. The van der Waals surface area contributed by atoms with Gasteiger partial charge in [-0.25, -0.2) is 4.98 Å². The van der Waals surface area contributed by atoms with Crippen LogP contribution in [0, 0.1) is 4.77 Å². The summed E-state index contributed by atoms with van der Waals surface area (Å²) < 4.78 is 2.44. The first-order valence-electron chi connectivity index (χ1n) is 5.48. The summed E-state index contributed by atoms with van der Waals surface area (Å²) >= 11 is 5.28. The number of nitrogens with zero attached hydrogens (tertiary/aromatic N) is 2. The van der Waals surface area contributed by atoms with Crippen LogP contribution in [0.3, 0.4) is 0 Å². The first kappa shape index (κ1) is 10.4. The van der Waals surface area contributed by atoms with Crippen molar-refractivity contribution in [3.8, 4) is 0 Å². The number of para-hydroxylation sites is 1. The third-order valence-corrected chi connectivity index (χ3v) is 3.29. The Labute approximate surface area is 103 Å². The summed E-state index contributed by atoms with van der Waals surface area (Å²) in [5, 5.41) is 3.82. The van der Waals surface area contributed by atoms with Gasteiger partial charge in [-0.05, 0) is 31.3 Å². The van der Waals surface area contributed by atoms with Gasteiger partial charge in [-0.2, -0.15) is 0 Å². The van der Waals surface area contributed by atoms with Gasteiger partial charge in [0, 0.05) is 17.8 Å². The van der Waals surface area contributed by atoms with Gasteiger partial charge in [0.1, 0.15) is 5.82 Å². The highest BCUT2D eigenvalue weighted by molar-refractivity contribution is 7.71. The lowest BCUT2D eigenvalue weighted by atomic mass is 10.1. The SMILES string of the molecule is CC1CC(=O)Nc2c3ccccc3nc(=S)n21. The van der Waals surface area contributed by atoms with Crippen molar-refractivity contribution in [1.82, 2.24) is 9.55 Å². The number of fused-ring (bicyclic) bond motifs is 3. The molecule has 0 saturated heterocycles. The number of aromatic nitrogens is 2. The molecule has 1 aliphatic heterocycles. The predicted octanol–water partition coefficient (Wildman–Crippen LogP) is 2.67. The second kappa shape index (κ2) is 3.63. The molecule has 0 radical (unpaired) electrons. The molecule has 86 valence electrons. The van der Waals surface area contributed by atoms with E-state index in [1.54, 1.807) is 0 Å². The highest BCUT2D eigenvalue weighted by atomic mass is 32.1. The van der Waals surface area contributed by atoms with E-state index in [0.29, 0.717) is 11.2 Å². The number of hydrogen-bond donors (Lipinski definition) is 1. The van der Waals surface area contributed by atoms with Gasteiger partial charge in [0.05, 0.1) is 5.52 Å². The van der Waals surface area contributed by atoms with Crippen LogP contribution >= 0.6 is 12.2 Å². The van der Waals surface area contributed by atoms with Crippen molar-refractivity contribution in [3.05, 3.63) is 29.0 Å². The summed E-state index contributed by atoms with van der Waals surface area (Å²) in [7, 11) is 0. The molecule has 4 nitrogen and oxygen atoms in total. The summed E-state index contributed by atoms with van der Waals surface area (Å²) in [5.74, 6) is 0.799. The first-order chi connectivity index (χ1) is 8.16. The van der Waals surface area contributed by atoms with Gasteiger partial charge >= 0.3 is 0 Å². The van der Waals surface area contributed by atoms with Crippen molar-refractivity contribution in [2.45, 2.75) is 19.4 Å². The maximum absolute atomic E-state index is 11.6. The molecule has 1 aromatic carbocycles. The summed E-state index contributed by atoms with van der Waals surface area (Å²) in [5.41, 5.74) is 0.818. The Hall–Kier alpha value is -1.75. The number of benzene rings is 1. The fraction of sp³-hybridized carbons (Fsp3) is 0.250. The van der Waals surface area contributed by atoms with E-state index in [0.717, 1.165) is 16.7 Å². The lowest BCUT2D eigenvalue weighted by Gasteiger charge is -2.26. The molecule has 0 saturated carbocycles. The molecule has 3 rings (SSSR count). The number of anilines is 1. The maximum atomic E-state index is 11.6. The van der Waals surface area contributed by atoms with Crippen LogP contribution in [0.5, 0.6) is 0 Å². The number of carbonyl (C=O) groups is 1. The Bertz CT molecular complexity index is 677. The molecule has 0 spiro atoms. The first-order valence-corrected chi connectivity index (χ1v) is 5.89. The largest absolute Gasteiger partial charge is 0.311 e. The molecule has 1 atom stereocenters. The van der Waals surface area contributed by atoms with E-state index < -0.39 is 0 Å². The second-order valence-electron chi connectivity index (χ2n) is 4.23. The van der Waals surface area contributed by atoms with Crippen LogP contribution in [-0.4, -0.2) is 15.5 Å². The van der Waals surface area contributed by atoms with Gasteiger partial charge < -0.3 is 5.32 Å². The Morgan fingerprint density at radius 2 is 2.24 bits per heavy atom. The molecule has 1 unspecified atom stereocenters. The van der Waals surface area contributed by atoms with Crippen molar-refractivity contribution in [2.75, 3.05) is 5.32 Å².